The average Bonchev–Trinajstić information content (AvgIpc) is 2.84. The van der Waals surface area contributed by atoms with Gasteiger partial charge in [0.2, 0.25) is 0 Å². The largest absolute Gasteiger partial charge is 0.468 e. The lowest BCUT2D eigenvalue weighted by molar-refractivity contribution is -0.147. The number of hydrazine groups is 1. The maximum Gasteiger partial charge on any atom is 0.324 e. The Balaban J connectivity index is 1.91. The van der Waals surface area contributed by atoms with Crippen molar-refractivity contribution in [2.45, 2.75) is 25.4 Å². The molecule has 5 heteroatoms. The quantitative estimate of drug-likeness (QED) is 0.824. The molecule has 0 radical (unpaired) electrons. The number of ether oxygens (including phenoxy) is 1. The third-order valence-electron chi connectivity index (χ3n) is 3.10. The zero-order valence-corrected chi connectivity index (χ0v) is 10.4. The van der Waals surface area contributed by atoms with Gasteiger partial charge in [-0.1, -0.05) is 12.1 Å². The highest BCUT2D eigenvalue weighted by Gasteiger charge is 2.31. The van der Waals surface area contributed by atoms with Crippen molar-refractivity contribution in [3.05, 3.63) is 35.6 Å². The highest BCUT2D eigenvalue weighted by Crippen LogP contribution is 2.16. The molecule has 0 bridgehead atoms. The fourth-order valence-electron chi connectivity index (χ4n) is 2.18. The lowest BCUT2D eigenvalue weighted by Gasteiger charge is -2.23. The summed E-state index contributed by atoms with van der Waals surface area (Å²) in [4.78, 5) is 11.5. The molecule has 1 aliphatic rings. The minimum atomic E-state index is -0.250. The Morgan fingerprint density at radius 1 is 1.61 bits per heavy atom. The van der Waals surface area contributed by atoms with Crippen LogP contribution in [0.5, 0.6) is 0 Å². The molecule has 1 heterocycles. The molecule has 0 unspecified atom stereocenters. The van der Waals surface area contributed by atoms with Crippen LogP contribution in [0.3, 0.4) is 0 Å². The number of esters is 1. The van der Waals surface area contributed by atoms with E-state index in [0.29, 0.717) is 6.54 Å². The molecule has 1 atom stereocenters. The van der Waals surface area contributed by atoms with Crippen LogP contribution in [0.25, 0.3) is 0 Å². The average molecular weight is 252 g/mol. The van der Waals surface area contributed by atoms with Gasteiger partial charge in [0, 0.05) is 13.1 Å². The first kappa shape index (κ1) is 13.0. The lowest BCUT2D eigenvalue weighted by Crippen LogP contribution is -2.45. The van der Waals surface area contributed by atoms with Gasteiger partial charge in [-0.2, -0.15) is 0 Å². The van der Waals surface area contributed by atoms with Crippen LogP contribution in [0.4, 0.5) is 4.39 Å². The second-order valence-electron chi connectivity index (χ2n) is 4.34. The van der Waals surface area contributed by atoms with E-state index in [1.807, 2.05) is 11.1 Å². The molecule has 18 heavy (non-hydrogen) atoms. The smallest absolute Gasteiger partial charge is 0.324 e. The Hall–Kier alpha value is -1.46. The molecule has 2 rings (SSSR count). The molecule has 4 nitrogen and oxygen atoms in total. The van der Waals surface area contributed by atoms with Crippen molar-refractivity contribution < 1.29 is 13.9 Å². The second-order valence-corrected chi connectivity index (χ2v) is 4.34. The van der Waals surface area contributed by atoms with Crippen molar-refractivity contribution in [3.8, 4) is 0 Å². The molecule has 1 aliphatic heterocycles. The number of carbonyl (C=O) groups is 1. The Kier molecular flexibility index (Phi) is 4.28. The first-order chi connectivity index (χ1) is 8.70. The first-order valence-electron chi connectivity index (χ1n) is 6.03. The van der Waals surface area contributed by atoms with Crippen molar-refractivity contribution in [3.63, 3.8) is 0 Å². The fraction of sp³-hybridized carbons (Fsp3) is 0.462. The van der Waals surface area contributed by atoms with E-state index in [2.05, 4.69) is 5.43 Å². The zero-order valence-electron chi connectivity index (χ0n) is 10.4. The predicted molar refractivity (Wildman–Crippen MR) is 65.0 cm³/mol. The minimum absolute atomic E-state index is 0.223. The van der Waals surface area contributed by atoms with E-state index in [4.69, 9.17) is 4.74 Å². The number of carbonyl (C=O) groups excluding carboxylic acids is 1. The van der Waals surface area contributed by atoms with E-state index in [9.17, 15) is 9.18 Å². The van der Waals surface area contributed by atoms with E-state index >= 15 is 0 Å². The Morgan fingerprint density at radius 3 is 3.17 bits per heavy atom. The van der Waals surface area contributed by atoms with Gasteiger partial charge < -0.3 is 4.74 Å². The SMILES string of the molecule is COC(=O)[C@@H]1CCCN1NCc1cccc(F)c1. The highest BCUT2D eigenvalue weighted by atomic mass is 19.1. The third-order valence-corrected chi connectivity index (χ3v) is 3.10. The van der Waals surface area contributed by atoms with E-state index in [0.717, 1.165) is 24.9 Å². The number of benzene rings is 1. The maximum absolute atomic E-state index is 13.0. The van der Waals surface area contributed by atoms with E-state index in [1.54, 1.807) is 6.07 Å². The van der Waals surface area contributed by atoms with Crippen molar-refractivity contribution >= 4 is 5.97 Å². The van der Waals surface area contributed by atoms with Crippen LogP contribution >= 0.6 is 0 Å². The van der Waals surface area contributed by atoms with Crippen molar-refractivity contribution in [2.24, 2.45) is 0 Å². The number of methoxy groups -OCH3 is 1. The fourth-order valence-corrected chi connectivity index (χ4v) is 2.18. The summed E-state index contributed by atoms with van der Waals surface area (Å²) in [6.45, 7) is 1.31. The Morgan fingerprint density at radius 2 is 2.44 bits per heavy atom. The summed E-state index contributed by atoms with van der Waals surface area (Å²) in [6, 6.07) is 6.18. The molecule has 1 N–H and O–H groups in total. The van der Waals surface area contributed by atoms with Crippen LogP contribution in [-0.2, 0) is 16.1 Å². The molecule has 1 aromatic carbocycles. The summed E-state index contributed by atoms with van der Waals surface area (Å²) in [5, 5.41) is 1.87. The van der Waals surface area contributed by atoms with Crippen molar-refractivity contribution in [2.75, 3.05) is 13.7 Å². The monoisotopic (exact) mass is 252 g/mol. The number of halogens is 1. The van der Waals surface area contributed by atoms with E-state index in [1.165, 1.54) is 19.2 Å². The zero-order chi connectivity index (χ0) is 13.0. The highest BCUT2D eigenvalue weighted by molar-refractivity contribution is 5.75. The summed E-state index contributed by atoms with van der Waals surface area (Å²) in [5.74, 6) is -0.473. The Labute approximate surface area is 106 Å². The predicted octanol–water partition coefficient (Wildman–Crippen LogP) is 1.47. The number of hydrogen-bond donors (Lipinski definition) is 1. The third kappa shape index (κ3) is 3.05. The molecule has 0 spiro atoms. The normalized spacial score (nSPS) is 20.0. The van der Waals surface area contributed by atoms with Crippen LogP contribution in [0.2, 0.25) is 0 Å². The number of nitrogens with zero attached hydrogens (tertiary/aromatic N) is 1. The van der Waals surface area contributed by atoms with Gasteiger partial charge in [0.05, 0.1) is 7.11 Å². The second kappa shape index (κ2) is 5.93. The molecule has 0 saturated carbocycles. The molecular formula is C13H17FN2O2. The van der Waals surface area contributed by atoms with Gasteiger partial charge >= 0.3 is 5.97 Å². The molecule has 0 aromatic heterocycles. The summed E-state index contributed by atoms with van der Waals surface area (Å²) in [5.41, 5.74) is 4.01. The van der Waals surface area contributed by atoms with E-state index < -0.39 is 0 Å². The summed E-state index contributed by atoms with van der Waals surface area (Å²) >= 11 is 0. The van der Waals surface area contributed by atoms with Gasteiger partial charge in [0.25, 0.3) is 0 Å². The summed E-state index contributed by atoms with van der Waals surface area (Å²) in [7, 11) is 1.39. The standard InChI is InChI=1S/C13H17FN2O2/c1-18-13(17)12-6-3-7-16(12)15-9-10-4-2-5-11(14)8-10/h2,4-5,8,12,15H,3,6-7,9H2,1H3/t12-/m0/s1. The molecule has 98 valence electrons. The van der Waals surface area contributed by atoms with Crippen molar-refractivity contribution in [1.29, 1.82) is 0 Å². The van der Waals surface area contributed by atoms with Gasteiger partial charge in [0.15, 0.2) is 0 Å². The van der Waals surface area contributed by atoms with Crippen LogP contribution in [0, 0.1) is 5.82 Å². The molecule has 0 amide bonds. The first-order valence-corrected chi connectivity index (χ1v) is 6.03. The molecular weight excluding hydrogens is 235 g/mol. The Bertz CT molecular complexity index is 425. The number of rotatable bonds is 4. The lowest BCUT2D eigenvalue weighted by atomic mass is 10.2. The molecule has 1 fully saturated rings. The van der Waals surface area contributed by atoms with Crippen LogP contribution in [0.15, 0.2) is 24.3 Å². The minimum Gasteiger partial charge on any atom is -0.468 e. The molecule has 1 saturated heterocycles. The summed E-state index contributed by atoms with van der Waals surface area (Å²) < 4.78 is 17.8. The topological polar surface area (TPSA) is 41.6 Å². The molecule has 0 aliphatic carbocycles. The van der Waals surface area contributed by atoms with Crippen LogP contribution < -0.4 is 5.43 Å². The van der Waals surface area contributed by atoms with Crippen LogP contribution in [0.1, 0.15) is 18.4 Å². The van der Waals surface area contributed by atoms with Crippen LogP contribution in [-0.4, -0.2) is 30.7 Å². The van der Waals surface area contributed by atoms with Crippen molar-refractivity contribution in [1.82, 2.24) is 10.4 Å². The van der Waals surface area contributed by atoms with Gasteiger partial charge in [-0.15, -0.1) is 0 Å². The maximum atomic E-state index is 13.0. The van der Waals surface area contributed by atoms with Gasteiger partial charge in [-0.25, -0.2) is 14.8 Å². The van der Waals surface area contributed by atoms with Gasteiger partial charge in [-0.3, -0.25) is 4.79 Å². The van der Waals surface area contributed by atoms with Gasteiger partial charge in [0.1, 0.15) is 11.9 Å². The number of hydrogen-bond acceptors (Lipinski definition) is 4. The molecule has 1 aromatic rings. The van der Waals surface area contributed by atoms with Gasteiger partial charge in [-0.05, 0) is 30.5 Å². The van der Waals surface area contributed by atoms with E-state index in [-0.39, 0.29) is 17.8 Å². The summed E-state index contributed by atoms with van der Waals surface area (Å²) in [6.07, 6.45) is 1.75. The number of nitrogens with one attached hydrogen (secondary N) is 1.